The van der Waals surface area contributed by atoms with Gasteiger partial charge in [0.05, 0.1) is 5.56 Å². The molecule has 160 valence electrons. The monoisotopic (exact) mass is 406 g/mol. The van der Waals surface area contributed by atoms with Gasteiger partial charge in [-0.2, -0.15) is 0 Å². The molecular formula is C27H34O3. The van der Waals surface area contributed by atoms with Crippen molar-refractivity contribution >= 4 is 16.8 Å². The molecule has 1 heterocycles. The number of furan rings is 1. The SMILES string of the molecule is CCCCc1oc2ccccc2c1C(=O)c1cc(C(C)(C)C)c(O)c(C(C)(C)C)c1. The van der Waals surface area contributed by atoms with Crippen LogP contribution in [-0.2, 0) is 17.3 Å². The average molecular weight is 407 g/mol. The van der Waals surface area contributed by atoms with Gasteiger partial charge in [0, 0.05) is 28.5 Å². The molecule has 0 amide bonds. The molecule has 1 aromatic heterocycles. The normalized spacial score (nSPS) is 12.5. The molecule has 2 aromatic carbocycles. The number of hydrogen-bond acceptors (Lipinski definition) is 3. The zero-order chi connectivity index (χ0) is 22.3. The molecule has 3 heteroatoms. The van der Waals surface area contributed by atoms with E-state index in [2.05, 4.69) is 48.5 Å². The van der Waals surface area contributed by atoms with Crippen LogP contribution < -0.4 is 0 Å². The van der Waals surface area contributed by atoms with Crippen molar-refractivity contribution in [1.82, 2.24) is 0 Å². The Morgan fingerprint density at radius 3 is 2.07 bits per heavy atom. The first-order chi connectivity index (χ1) is 13.9. The molecule has 0 aliphatic heterocycles. The van der Waals surface area contributed by atoms with Gasteiger partial charge in [0.15, 0.2) is 5.78 Å². The van der Waals surface area contributed by atoms with Crippen molar-refractivity contribution < 1.29 is 14.3 Å². The van der Waals surface area contributed by atoms with Gasteiger partial charge in [-0.1, -0.05) is 73.1 Å². The predicted molar refractivity (Wildman–Crippen MR) is 124 cm³/mol. The molecule has 0 radical (unpaired) electrons. The highest BCUT2D eigenvalue weighted by Crippen LogP contribution is 2.41. The van der Waals surface area contributed by atoms with Crippen molar-refractivity contribution in [2.24, 2.45) is 0 Å². The van der Waals surface area contributed by atoms with E-state index in [0.717, 1.165) is 47.1 Å². The minimum atomic E-state index is -0.288. The van der Waals surface area contributed by atoms with Crippen LogP contribution in [0, 0.1) is 0 Å². The van der Waals surface area contributed by atoms with Gasteiger partial charge in [0.25, 0.3) is 0 Å². The Hall–Kier alpha value is -2.55. The molecule has 3 rings (SSSR count). The minimum Gasteiger partial charge on any atom is -0.507 e. The molecular weight excluding hydrogens is 372 g/mol. The van der Waals surface area contributed by atoms with E-state index in [1.54, 1.807) is 0 Å². The molecule has 0 atom stereocenters. The average Bonchev–Trinajstić information content (AvgIpc) is 3.02. The summed E-state index contributed by atoms with van der Waals surface area (Å²) in [5.74, 6) is 1.00. The molecule has 0 fully saturated rings. The maximum Gasteiger partial charge on any atom is 0.197 e. The summed E-state index contributed by atoms with van der Waals surface area (Å²) in [6, 6.07) is 11.5. The third-order valence-electron chi connectivity index (χ3n) is 5.64. The maximum atomic E-state index is 13.8. The van der Waals surface area contributed by atoms with E-state index in [0.29, 0.717) is 11.1 Å². The van der Waals surface area contributed by atoms with Crippen molar-refractivity contribution in [3.63, 3.8) is 0 Å². The Labute approximate surface area is 180 Å². The Morgan fingerprint density at radius 1 is 0.967 bits per heavy atom. The number of phenols is 1. The fraction of sp³-hybridized carbons (Fsp3) is 0.444. The summed E-state index contributed by atoms with van der Waals surface area (Å²) in [5.41, 5.74) is 3.02. The van der Waals surface area contributed by atoms with Crippen LogP contribution in [0.15, 0.2) is 40.8 Å². The fourth-order valence-electron chi connectivity index (χ4n) is 3.91. The number of ketones is 1. The molecule has 0 unspecified atom stereocenters. The second-order valence-corrected chi connectivity index (χ2v) is 10.2. The van der Waals surface area contributed by atoms with Crippen molar-refractivity contribution in [2.75, 3.05) is 0 Å². The van der Waals surface area contributed by atoms with E-state index in [-0.39, 0.29) is 22.4 Å². The summed E-state index contributed by atoms with van der Waals surface area (Å²) in [6.07, 6.45) is 2.74. The lowest BCUT2D eigenvalue weighted by molar-refractivity contribution is 0.103. The molecule has 0 aliphatic carbocycles. The number of hydrogen-bond donors (Lipinski definition) is 1. The molecule has 0 spiro atoms. The first-order valence-electron chi connectivity index (χ1n) is 10.9. The van der Waals surface area contributed by atoms with Gasteiger partial charge in [-0.3, -0.25) is 4.79 Å². The lowest BCUT2D eigenvalue weighted by atomic mass is 9.77. The molecule has 0 saturated carbocycles. The Balaban J connectivity index is 2.25. The molecule has 0 saturated heterocycles. The lowest BCUT2D eigenvalue weighted by Gasteiger charge is -2.28. The van der Waals surface area contributed by atoms with Crippen molar-refractivity contribution in [1.29, 1.82) is 0 Å². The van der Waals surface area contributed by atoms with Gasteiger partial charge in [-0.25, -0.2) is 0 Å². The number of aryl methyl sites for hydroxylation is 1. The Bertz CT molecular complexity index is 1040. The number of aromatic hydroxyl groups is 1. The number of carbonyl (C=O) groups is 1. The molecule has 3 nitrogen and oxygen atoms in total. The van der Waals surface area contributed by atoms with Crippen LogP contribution in [0.4, 0.5) is 0 Å². The van der Waals surface area contributed by atoms with Crippen molar-refractivity contribution in [3.05, 3.63) is 64.4 Å². The van der Waals surface area contributed by atoms with Crippen molar-refractivity contribution in [2.45, 2.75) is 78.6 Å². The van der Waals surface area contributed by atoms with Crippen LogP contribution in [0.1, 0.15) is 94.1 Å². The van der Waals surface area contributed by atoms with Gasteiger partial charge >= 0.3 is 0 Å². The number of benzene rings is 2. The van der Waals surface area contributed by atoms with E-state index in [1.165, 1.54) is 0 Å². The summed E-state index contributed by atoms with van der Waals surface area (Å²) in [6.45, 7) is 14.5. The van der Waals surface area contributed by atoms with Gasteiger partial charge in [0.1, 0.15) is 17.1 Å². The fourth-order valence-corrected chi connectivity index (χ4v) is 3.91. The second kappa shape index (κ2) is 7.94. The smallest absolute Gasteiger partial charge is 0.197 e. The summed E-state index contributed by atoms with van der Waals surface area (Å²) in [5, 5.41) is 11.9. The lowest BCUT2D eigenvalue weighted by Crippen LogP contribution is -2.19. The predicted octanol–water partition coefficient (Wildman–Crippen LogP) is 7.31. The highest BCUT2D eigenvalue weighted by atomic mass is 16.3. The number of carbonyl (C=O) groups excluding carboxylic acids is 1. The van der Waals surface area contributed by atoms with Gasteiger partial charge in [-0.15, -0.1) is 0 Å². The highest BCUT2D eigenvalue weighted by molar-refractivity contribution is 6.17. The van der Waals surface area contributed by atoms with E-state index in [9.17, 15) is 9.90 Å². The van der Waals surface area contributed by atoms with Crippen LogP contribution in [0.5, 0.6) is 5.75 Å². The molecule has 0 aliphatic rings. The maximum absolute atomic E-state index is 13.8. The number of rotatable bonds is 5. The summed E-state index contributed by atoms with van der Waals surface area (Å²) >= 11 is 0. The zero-order valence-electron chi connectivity index (χ0n) is 19.3. The minimum absolute atomic E-state index is 0.0398. The number of phenolic OH excluding ortho intramolecular Hbond substituents is 1. The molecule has 3 aromatic rings. The van der Waals surface area contributed by atoms with Crippen LogP contribution in [0.25, 0.3) is 11.0 Å². The third-order valence-corrected chi connectivity index (χ3v) is 5.64. The molecule has 0 bridgehead atoms. The topological polar surface area (TPSA) is 50.4 Å². The number of para-hydroxylation sites is 1. The Morgan fingerprint density at radius 2 is 1.53 bits per heavy atom. The number of unbranched alkanes of at least 4 members (excludes halogenated alkanes) is 1. The second-order valence-electron chi connectivity index (χ2n) is 10.2. The van der Waals surface area contributed by atoms with Gasteiger partial charge in [0.2, 0.25) is 0 Å². The molecule has 30 heavy (non-hydrogen) atoms. The van der Waals surface area contributed by atoms with Gasteiger partial charge in [-0.05, 0) is 35.4 Å². The first kappa shape index (κ1) is 22.1. The highest BCUT2D eigenvalue weighted by Gasteiger charge is 2.29. The van der Waals surface area contributed by atoms with Crippen LogP contribution >= 0.6 is 0 Å². The third kappa shape index (κ3) is 4.16. The zero-order valence-corrected chi connectivity index (χ0v) is 19.3. The molecule has 1 N–H and O–H groups in total. The van der Waals surface area contributed by atoms with E-state index in [1.807, 2.05) is 36.4 Å². The Kier molecular flexibility index (Phi) is 5.86. The van der Waals surface area contributed by atoms with Crippen LogP contribution in [-0.4, -0.2) is 10.9 Å². The first-order valence-corrected chi connectivity index (χ1v) is 10.9. The van der Waals surface area contributed by atoms with E-state index in [4.69, 9.17) is 4.42 Å². The largest absolute Gasteiger partial charge is 0.507 e. The van der Waals surface area contributed by atoms with Gasteiger partial charge < -0.3 is 9.52 Å². The summed E-state index contributed by atoms with van der Waals surface area (Å²) in [4.78, 5) is 13.8. The number of fused-ring (bicyclic) bond motifs is 1. The van der Waals surface area contributed by atoms with Crippen LogP contribution in [0.3, 0.4) is 0 Å². The van der Waals surface area contributed by atoms with E-state index >= 15 is 0 Å². The summed E-state index contributed by atoms with van der Waals surface area (Å²) in [7, 11) is 0. The quantitative estimate of drug-likeness (QED) is 0.452. The van der Waals surface area contributed by atoms with Crippen LogP contribution in [0.2, 0.25) is 0 Å². The standard InChI is InChI=1S/C27H34O3/c1-8-9-13-22-23(18-12-10-11-14-21(18)30-22)24(28)17-15-19(26(2,3)4)25(29)20(16-17)27(5,6)7/h10-12,14-16,29H,8-9,13H2,1-7H3. The van der Waals surface area contributed by atoms with E-state index < -0.39 is 0 Å². The summed E-state index contributed by atoms with van der Waals surface area (Å²) < 4.78 is 6.09. The van der Waals surface area contributed by atoms with Crippen molar-refractivity contribution in [3.8, 4) is 5.75 Å².